The number of hydrogen-bond donors (Lipinski definition) is 0. The molecule has 0 saturated heterocycles. The topological polar surface area (TPSA) is 26.3 Å². The molecule has 200 valence electrons. The molecule has 3 aromatic heterocycles. The average molecular weight is 567 g/mol. The normalized spacial score (nSPS) is 12.2. The summed E-state index contributed by atoms with van der Waals surface area (Å²) >= 11 is 1.87. The van der Waals surface area contributed by atoms with Gasteiger partial charge in [0, 0.05) is 30.9 Å². The summed E-state index contributed by atoms with van der Waals surface area (Å²) in [5.41, 5.74) is 7.44. The van der Waals surface area contributed by atoms with Gasteiger partial charge in [-0.1, -0.05) is 97.1 Å². The van der Waals surface area contributed by atoms with Gasteiger partial charge in [0.15, 0.2) is 0 Å². The Morgan fingerprint density at radius 2 is 1.02 bits per heavy atom. The zero-order valence-corrected chi connectivity index (χ0v) is 23.7. The Hall–Kier alpha value is -5.38. The number of thiophene rings is 1. The fourth-order valence-corrected chi connectivity index (χ4v) is 8.35. The van der Waals surface area contributed by atoms with Crippen LogP contribution in [0.4, 0.5) is 0 Å². The summed E-state index contributed by atoms with van der Waals surface area (Å²) in [5.74, 6) is 0. The van der Waals surface area contributed by atoms with Crippen molar-refractivity contribution in [3.05, 3.63) is 134 Å². The predicted octanol–water partition coefficient (Wildman–Crippen LogP) is 12.3. The SMILES string of the molecule is c1ccc2c(c1)oc1cc(-c3c4ccccc4c(-c4cccc5sc6ccccc6c45)c4ccccc34)c3ccoc3c12. The van der Waals surface area contributed by atoms with Crippen LogP contribution in [0.25, 0.3) is 96.9 Å². The molecule has 43 heavy (non-hydrogen) atoms. The van der Waals surface area contributed by atoms with Crippen LogP contribution >= 0.6 is 11.3 Å². The van der Waals surface area contributed by atoms with Crippen LogP contribution in [0.3, 0.4) is 0 Å². The fraction of sp³-hybridized carbons (Fsp3) is 0. The minimum Gasteiger partial charge on any atom is -0.464 e. The zero-order chi connectivity index (χ0) is 28.1. The van der Waals surface area contributed by atoms with Crippen molar-refractivity contribution in [2.45, 2.75) is 0 Å². The third-order valence-corrected chi connectivity index (χ3v) is 10.1. The first-order valence-corrected chi connectivity index (χ1v) is 15.3. The minimum atomic E-state index is 0.838. The largest absolute Gasteiger partial charge is 0.464 e. The van der Waals surface area contributed by atoms with Gasteiger partial charge in [0.05, 0.1) is 11.6 Å². The summed E-state index contributed by atoms with van der Waals surface area (Å²) in [6.07, 6.45) is 1.80. The summed E-state index contributed by atoms with van der Waals surface area (Å²) in [6.45, 7) is 0. The molecule has 0 N–H and O–H groups in total. The molecule has 2 nitrogen and oxygen atoms in total. The zero-order valence-electron chi connectivity index (χ0n) is 22.9. The van der Waals surface area contributed by atoms with Gasteiger partial charge in [0.2, 0.25) is 0 Å². The van der Waals surface area contributed by atoms with Gasteiger partial charge >= 0.3 is 0 Å². The van der Waals surface area contributed by atoms with Crippen molar-refractivity contribution < 1.29 is 8.83 Å². The second-order valence-corrected chi connectivity index (χ2v) is 12.3. The molecule has 0 atom stereocenters. The summed E-state index contributed by atoms with van der Waals surface area (Å²) in [5, 5.41) is 10.7. The van der Waals surface area contributed by atoms with E-state index in [4.69, 9.17) is 8.83 Å². The number of fused-ring (bicyclic) bond motifs is 10. The Balaban J connectivity index is 1.39. The average Bonchev–Trinajstić information content (AvgIpc) is 3.78. The maximum absolute atomic E-state index is 6.43. The van der Waals surface area contributed by atoms with Gasteiger partial charge in [0.1, 0.15) is 16.7 Å². The van der Waals surface area contributed by atoms with Crippen LogP contribution in [-0.4, -0.2) is 0 Å². The van der Waals surface area contributed by atoms with E-state index in [1.165, 1.54) is 58.4 Å². The molecule has 0 aliphatic rings. The van der Waals surface area contributed by atoms with E-state index in [9.17, 15) is 0 Å². The van der Waals surface area contributed by atoms with Crippen molar-refractivity contribution in [2.24, 2.45) is 0 Å². The van der Waals surface area contributed by atoms with Crippen LogP contribution in [0.1, 0.15) is 0 Å². The molecule has 0 aliphatic carbocycles. The summed E-state index contributed by atoms with van der Waals surface area (Å²) in [7, 11) is 0. The van der Waals surface area contributed by atoms with E-state index in [1.807, 2.05) is 23.5 Å². The molecule has 10 aromatic rings. The van der Waals surface area contributed by atoms with E-state index in [0.29, 0.717) is 0 Å². The number of furan rings is 2. The highest BCUT2D eigenvalue weighted by Crippen LogP contribution is 2.50. The Bertz CT molecular complexity index is 2680. The molecule has 7 aromatic carbocycles. The predicted molar refractivity (Wildman–Crippen MR) is 182 cm³/mol. The Morgan fingerprint density at radius 1 is 0.419 bits per heavy atom. The van der Waals surface area contributed by atoms with Crippen LogP contribution in [0.15, 0.2) is 142 Å². The van der Waals surface area contributed by atoms with Gasteiger partial charge in [-0.15, -0.1) is 11.3 Å². The Labute approximate surface area is 250 Å². The second-order valence-electron chi connectivity index (χ2n) is 11.2. The summed E-state index contributed by atoms with van der Waals surface area (Å²) in [4.78, 5) is 0. The third kappa shape index (κ3) is 3.12. The number of para-hydroxylation sites is 1. The lowest BCUT2D eigenvalue weighted by Gasteiger charge is -2.19. The van der Waals surface area contributed by atoms with Crippen LogP contribution in [-0.2, 0) is 0 Å². The molecular formula is C40H22O2S. The highest BCUT2D eigenvalue weighted by atomic mass is 32.1. The summed E-state index contributed by atoms with van der Waals surface area (Å²) < 4.78 is 15.3. The molecule has 0 aliphatic heterocycles. The first-order valence-electron chi connectivity index (χ1n) is 14.5. The van der Waals surface area contributed by atoms with Crippen molar-refractivity contribution >= 4 is 86.0 Å². The standard InChI is InChI=1S/C40H22O2S/c1-3-12-25-23(10-1)36(30-16-9-19-35-38(30)29-15-6-8-18-34(29)43-35)24-11-2-4-13-26(24)37(25)31-22-33-39(40-27(31)20-21-41-40)28-14-5-7-17-32(28)42-33/h1-22H. The van der Waals surface area contributed by atoms with E-state index < -0.39 is 0 Å². The molecule has 0 unspecified atom stereocenters. The third-order valence-electron chi connectivity index (χ3n) is 8.95. The van der Waals surface area contributed by atoms with Crippen LogP contribution in [0.2, 0.25) is 0 Å². The van der Waals surface area contributed by atoms with Crippen LogP contribution in [0.5, 0.6) is 0 Å². The van der Waals surface area contributed by atoms with Crippen molar-refractivity contribution in [3.63, 3.8) is 0 Å². The molecule has 0 spiro atoms. The first-order chi connectivity index (χ1) is 21.3. The van der Waals surface area contributed by atoms with E-state index in [1.54, 1.807) is 6.26 Å². The Kier molecular flexibility index (Phi) is 4.63. The van der Waals surface area contributed by atoms with Gasteiger partial charge < -0.3 is 8.83 Å². The van der Waals surface area contributed by atoms with Crippen molar-refractivity contribution in [1.82, 2.24) is 0 Å². The molecular weight excluding hydrogens is 545 g/mol. The number of benzene rings is 7. The van der Waals surface area contributed by atoms with Gasteiger partial charge in [-0.05, 0) is 74.1 Å². The highest BCUT2D eigenvalue weighted by Gasteiger charge is 2.23. The van der Waals surface area contributed by atoms with E-state index >= 15 is 0 Å². The molecule has 0 bridgehead atoms. The highest BCUT2D eigenvalue weighted by molar-refractivity contribution is 7.25. The fourth-order valence-electron chi connectivity index (χ4n) is 7.22. The number of rotatable bonds is 2. The van der Waals surface area contributed by atoms with Crippen LogP contribution < -0.4 is 0 Å². The van der Waals surface area contributed by atoms with E-state index in [-0.39, 0.29) is 0 Å². The van der Waals surface area contributed by atoms with Gasteiger partial charge in [0.25, 0.3) is 0 Å². The number of hydrogen-bond acceptors (Lipinski definition) is 3. The van der Waals surface area contributed by atoms with Gasteiger partial charge in [-0.3, -0.25) is 0 Å². The lowest BCUT2D eigenvalue weighted by atomic mass is 9.84. The van der Waals surface area contributed by atoms with Crippen LogP contribution in [0, 0.1) is 0 Å². The Morgan fingerprint density at radius 3 is 1.77 bits per heavy atom. The molecule has 3 heteroatoms. The lowest BCUT2D eigenvalue weighted by Crippen LogP contribution is -1.91. The van der Waals surface area contributed by atoms with Crippen molar-refractivity contribution in [3.8, 4) is 22.3 Å². The molecule has 0 amide bonds. The van der Waals surface area contributed by atoms with Crippen molar-refractivity contribution in [1.29, 1.82) is 0 Å². The second kappa shape index (κ2) is 8.57. The monoisotopic (exact) mass is 566 g/mol. The molecule has 10 rings (SSSR count). The first kappa shape index (κ1) is 23.2. The summed E-state index contributed by atoms with van der Waals surface area (Å²) in [6, 6.07) is 45.7. The molecule has 0 fully saturated rings. The maximum Gasteiger partial charge on any atom is 0.146 e. The molecule has 0 saturated carbocycles. The maximum atomic E-state index is 6.43. The van der Waals surface area contributed by atoms with E-state index in [2.05, 4.69) is 115 Å². The minimum absolute atomic E-state index is 0.838. The molecule has 3 heterocycles. The van der Waals surface area contributed by atoms with E-state index in [0.717, 1.165) is 38.5 Å². The smallest absolute Gasteiger partial charge is 0.146 e. The van der Waals surface area contributed by atoms with Gasteiger partial charge in [-0.25, -0.2) is 0 Å². The molecule has 0 radical (unpaired) electrons. The van der Waals surface area contributed by atoms with Gasteiger partial charge in [-0.2, -0.15) is 0 Å². The lowest BCUT2D eigenvalue weighted by molar-refractivity contribution is 0.618. The van der Waals surface area contributed by atoms with Crippen molar-refractivity contribution in [2.75, 3.05) is 0 Å². The quantitative estimate of drug-likeness (QED) is 0.195.